The van der Waals surface area contributed by atoms with Crippen LogP contribution in [0.1, 0.15) is 30.9 Å². The Morgan fingerprint density at radius 1 is 0.970 bits per heavy atom. The number of hydrogen-bond donors (Lipinski definition) is 1. The van der Waals surface area contributed by atoms with Gasteiger partial charge in [-0.05, 0) is 41.7 Å². The molecule has 0 aliphatic carbocycles. The highest BCUT2D eigenvalue weighted by atomic mass is 16.2. The predicted octanol–water partition coefficient (Wildman–Crippen LogP) is 5.40. The zero-order valence-electron chi connectivity index (χ0n) is 18.9. The Bertz CT molecular complexity index is 1260. The Morgan fingerprint density at radius 2 is 1.70 bits per heavy atom. The first-order valence-corrected chi connectivity index (χ1v) is 11.3. The van der Waals surface area contributed by atoms with Gasteiger partial charge in [-0.15, -0.1) is 5.10 Å². The van der Waals surface area contributed by atoms with E-state index in [2.05, 4.69) is 42.3 Å². The van der Waals surface area contributed by atoms with Crippen LogP contribution in [0.5, 0.6) is 0 Å². The highest BCUT2D eigenvalue weighted by Gasteiger charge is 2.25. The van der Waals surface area contributed by atoms with Gasteiger partial charge in [-0.1, -0.05) is 74.5 Å². The van der Waals surface area contributed by atoms with Crippen molar-refractivity contribution < 1.29 is 4.79 Å². The van der Waals surface area contributed by atoms with Crippen LogP contribution in [-0.2, 0) is 17.8 Å². The van der Waals surface area contributed by atoms with E-state index in [4.69, 9.17) is 10.1 Å². The third-order valence-corrected chi connectivity index (χ3v) is 5.98. The standard InChI is InChI=1S/C27H27N5O/c1-19(2)20-12-14-23(15-13-20)28-25(33)18-32-26(22-9-4-3-5-10-22)29-27(30-32)31-17-16-21-8-6-7-11-24(21)31/h3-15,19H,16-18H2,1-2H3,(H,28,33). The number of carbonyl (C=O) groups excluding carboxylic acids is 1. The number of aromatic nitrogens is 3. The number of para-hydroxylation sites is 1. The molecule has 0 fully saturated rings. The first kappa shape index (κ1) is 20.9. The second-order valence-corrected chi connectivity index (χ2v) is 8.61. The topological polar surface area (TPSA) is 63.1 Å². The molecule has 5 rings (SSSR count). The number of benzene rings is 3. The minimum atomic E-state index is -0.136. The Balaban J connectivity index is 1.42. The van der Waals surface area contributed by atoms with E-state index in [0.29, 0.717) is 17.7 Å². The van der Waals surface area contributed by atoms with E-state index in [9.17, 15) is 4.79 Å². The van der Waals surface area contributed by atoms with Crippen LogP contribution in [0.25, 0.3) is 11.4 Å². The summed E-state index contributed by atoms with van der Waals surface area (Å²) >= 11 is 0. The van der Waals surface area contributed by atoms with E-state index in [0.717, 1.165) is 29.9 Å². The van der Waals surface area contributed by atoms with Gasteiger partial charge in [0.15, 0.2) is 5.82 Å². The van der Waals surface area contributed by atoms with Crippen molar-refractivity contribution in [2.45, 2.75) is 32.7 Å². The number of nitrogens with one attached hydrogen (secondary N) is 1. The zero-order valence-corrected chi connectivity index (χ0v) is 18.9. The quantitative estimate of drug-likeness (QED) is 0.439. The van der Waals surface area contributed by atoms with Gasteiger partial charge in [-0.25, -0.2) is 4.68 Å². The number of hydrogen-bond acceptors (Lipinski definition) is 4. The highest BCUT2D eigenvalue weighted by Crippen LogP contribution is 2.33. The third kappa shape index (κ3) is 4.37. The number of nitrogens with zero attached hydrogens (tertiary/aromatic N) is 4. The summed E-state index contributed by atoms with van der Waals surface area (Å²) < 4.78 is 1.70. The van der Waals surface area contributed by atoms with Crippen molar-refractivity contribution in [1.82, 2.24) is 14.8 Å². The summed E-state index contributed by atoms with van der Waals surface area (Å²) in [7, 11) is 0. The molecule has 1 N–H and O–H groups in total. The summed E-state index contributed by atoms with van der Waals surface area (Å²) in [4.78, 5) is 19.9. The van der Waals surface area contributed by atoms with Crippen LogP contribution in [0.15, 0.2) is 78.9 Å². The molecule has 0 atom stereocenters. The van der Waals surface area contributed by atoms with Gasteiger partial charge in [0.05, 0.1) is 0 Å². The lowest BCUT2D eigenvalue weighted by Crippen LogP contribution is -2.21. The van der Waals surface area contributed by atoms with E-state index in [1.807, 2.05) is 60.7 Å². The minimum Gasteiger partial charge on any atom is -0.324 e. The highest BCUT2D eigenvalue weighted by molar-refractivity contribution is 5.90. The Labute approximate surface area is 193 Å². The van der Waals surface area contributed by atoms with Crippen LogP contribution in [0, 0.1) is 0 Å². The van der Waals surface area contributed by atoms with Crippen molar-refractivity contribution >= 4 is 23.2 Å². The fraction of sp³-hybridized carbons (Fsp3) is 0.222. The Kier molecular flexibility index (Phi) is 5.65. The summed E-state index contributed by atoms with van der Waals surface area (Å²) in [5.74, 6) is 1.61. The number of carbonyl (C=O) groups is 1. The molecule has 166 valence electrons. The molecule has 2 heterocycles. The Morgan fingerprint density at radius 3 is 2.45 bits per heavy atom. The van der Waals surface area contributed by atoms with Crippen molar-refractivity contribution in [3.05, 3.63) is 90.0 Å². The molecule has 1 aliphatic heterocycles. The molecule has 4 aromatic rings. The van der Waals surface area contributed by atoms with E-state index < -0.39 is 0 Å². The van der Waals surface area contributed by atoms with Gasteiger partial charge in [0.1, 0.15) is 6.54 Å². The van der Waals surface area contributed by atoms with E-state index in [-0.39, 0.29) is 12.5 Å². The van der Waals surface area contributed by atoms with Gasteiger partial charge in [0.2, 0.25) is 11.9 Å². The summed E-state index contributed by atoms with van der Waals surface area (Å²) in [5.41, 5.74) is 5.37. The third-order valence-electron chi connectivity index (χ3n) is 5.98. The van der Waals surface area contributed by atoms with Gasteiger partial charge >= 0.3 is 0 Å². The second kappa shape index (κ2) is 8.90. The van der Waals surface area contributed by atoms with Crippen molar-refractivity contribution in [1.29, 1.82) is 0 Å². The van der Waals surface area contributed by atoms with Crippen molar-refractivity contribution in [2.75, 3.05) is 16.8 Å². The lowest BCUT2D eigenvalue weighted by atomic mass is 10.0. The molecule has 1 aromatic heterocycles. The molecule has 1 aliphatic rings. The monoisotopic (exact) mass is 437 g/mol. The van der Waals surface area contributed by atoms with Crippen molar-refractivity contribution in [2.24, 2.45) is 0 Å². The molecule has 1 amide bonds. The lowest BCUT2D eigenvalue weighted by molar-refractivity contribution is -0.116. The fourth-order valence-electron chi connectivity index (χ4n) is 4.19. The fourth-order valence-corrected chi connectivity index (χ4v) is 4.19. The van der Waals surface area contributed by atoms with Gasteiger partial charge < -0.3 is 10.2 Å². The SMILES string of the molecule is CC(C)c1ccc(NC(=O)Cn2nc(N3CCc4ccccc43)nc2-c2ccccc2)cc1. The van der Waals surface area contributed by atoms with Crippen molar-refractivity contribution in [3.8, 4) is 11.4 Å². The molecule has 0 saturated heterocycles. The number of amides is 1. The summed E-state index contributed by atoms with van der Waals surface area (Å²) in [5, 5.41) is 7.75. The molecule has 0 spiro atoms. The van der Waals surface area contributed by atoms with Crippen LogP contribution in [0.3, 0.4) is 0 Å². The molecule has 0 unspecified atom stereocenters. The Hall–Kier alpha value is -3.93. The van der Waals surface area contributed by atoms with Gasteiger partial charge in [0.25, 0.3) is 0 Å². The van der Waals surface area contributed by atoms with E-state index in [1.165, 1.54) is 11.1 Å². The zero-order chi connectivity index (χ0) is 22.8. The normalized spacial score (nSPS) is 12.8. The van der Waals surface area contributed by atoms with E-state index in [1.54, 1.807) is 4.68 Å². The minimum absolute atomic E-state index is 0.0820. The first-order valence-electron chi connectivity index (χ1n) is 11.3. The summed E-state index contributed by atoms with van der Waals surface area (Å²) in [6.45, 7) is 5.21. The van der Waals surface area contributed by atoms with Crippen LogP contribution in [0.2, 0.25) is 0 Å². The van der Waals surface area contributed by atoms with E-state index >= 15 is 0 Å². The van der Waals surface area contributed by atoms with Crippen LogP contribution < -0.4 is 10.2 Å². The molecule has 3 aromatic carbocycles. The lowest BCUT2D eigenvalue weighted by Gasteiger charge is -2.14. The summed E-state index contributed by atoms with van der Waals surface area (Å²) in [6.07, 6.45) is 0.957. The van der Waals surface area contributed by atoms with Crippen LogP contribution in [0.4, 0.5) is 17.3 Å². The van der Waals surface area contributed by atoms with Gasteiger partial charge in [-0.2, -0.15) is 4.98 Å². The largest absolute Gasteiger partial charge is 0.324 e. The average molecular weight is 438 g/mol. The van der Waals surface area contributed by atoms with Crippen LogP contribution in [-0.4, -0.2) is 27.2 Å². The molecule has 0 bridgehead atoms. The van der Waals surface area contributed by atoms with Gasteiger partial charge in [-0.3, -0.25) is 4.79 Å². The van der Waals surface area contributed by atoms with Gasteiger partial charge in [0, 0.05) is 23.5 Å². The molecule has 33 heavy (non-hydrogen) atoms. The maximum absolute atomic E-state index is 12.9. The maximum Gasteiger partial charge on any atom is 0.249 e. The number of rotatable bonds is 6. The summed E-state index contributed by atoms with van der Waals surface area (Å²) in [6, 6.07) is 26.2. The molecule has 6 nitrogen and oxygen atoms in total. The molecule has 6 heteroatoms. The number of anilines is 3. The molecule has 0 saturated carbocycles. The molecule has 0 radical (unpaired) electrons. The predicted molar refractivity (Wildman–Crippen MR) is 132 cm³/mol. The smallest absolute Gasteiger partial charge is 0.249 e. The number of fused-ring (bicyclic) bond motifs is 1. The molecular formula is C27H27N5O. The van der Waals surface area contributed by atoms with Crippen LogP contribution >= 0.6 is 0 Å². The first-order chi connectivity index (χ1) is 16.1. The average Bonchev–Trinajstić information content (AvgIpc) is 3.44. The molecular weight excluding hydrogens is 410 g/mol. The maximum atomic E-state index is 12.9. The van der Waals surface area contributed by atoms with Crippen molar-refractivity contribution in [3.63, 3.8) is 0 Å². The second-order valence-electron chi connectivity index (χ2n) is 8.61.